The highest BCUT2D eigenvalue weighted by atomic mass is 16.5. The molecule has 0 saturated carbocycles. The van der Waals surface area contributed by atoms with Crippen molar-refractivity contribution in [2.24, 2.45) is 0 Å². The summed E-state index contributed by atoms with van der Waals surface area (Å²) in [5.74, 6) is -2.95. The van der Waals surface area contributed by atoms with Crippen molar-refractivity contribution in [1.82, 2.24) is 19.9 Å². The van der Waals surface area contributed by atoms with Gasteiger partial charge in [-0.1, -0.05) is 30.4 Å². The van der Waals surface area contributed by atoms with Gasteiger partial charge in [0.05, 0.1) is 11.4 Å². The first kappa shape index (κ1) is 33.2. The lowest BCUT2D eigenvalue weighted by Gasteiger charge is -2.26. The number of pyridine rings is 1. The highest BCUT2D eigenvalue weighted by Crippen LogP contribution is 2.25. The summed E-state index contributed by atoms with van der Waals surface area (Å²) in [7, 11) is 0. The van der Waals surface area contributed by atoms with Crippen molar-refractivity contribution in [1.29, 1.82) is 5.41 Å². The minimum absolute atomic E-state index is 0.0281. The Morgan fingerprint density at radius 1 is 1.02 bits per heavy atom. The third-order valence-electron chi connectivity index (χ3n) is 7.02. The molecular weight excluding hydrogens is 634 g/mol. The number of rotatable bonds is 10. The SMILES string of the molecule is CC(=O)Nc1cccc(N2C(=O)NC(=O)C(=CC=C(C=Cc3c(O)[nH]c(=O)n(-c4cccc(COC=N)c4)c3=O)c3ccncc3)C2=O)c1. The minimum atomic E-state index is -0.983. The number of urea groups is 1. The van der Waals surface area contributed by atoms with Crippen LogP contribution in [0.4, 0.5) is 16.2 Å². The summed E-state index contributed by atoms with van der Waals surface area (Å²) in [4.78, 5) is 83.8. The van der Waals surface area contributed by atoms with Crippen molar-refractivity contribution in [3.05, 3.63) is 134 Å². The quantitative estimate of drug-likeness (QED) is 0.0554. The van der Waals surface area contributed by atoms with Gasteiger partial charge in [-0.05, 0) is 71.3 Å². The van der Waals surface area contributed by atoms with Crippen molar-refractivity contribution in [3.8, 4) is 11.6 Å². The summed E-state index contributed by atoms with van der Waals surface area (Å²) in [6, 6.07) is 14.5. The van der Waals surface area contributed by atoms with E-state index in [9.17, 15) is 33.9 Å². The molecule has 1 aliphatic rings. The largest absolute Gasteiger partial charge is 0.494 e. The molecule has 4 aromatic rings. The molecule has 2 aromatic heterocycles. The number of allylic oxidation sites excluding steroid dienone is 4. The van der Waals surface area contributed by atoms with E-state index < -0.39 is 40.5 Å². The number of barbiturate groups is 1. The summed E-state index contributed by atoms with van der Waals surface area (Å²) in [6.45, 7) is 1.33. The van der Waals surface area contributed by atoms with Crippen LogP contribution in [0, 0.1) is 5.41 Å². The van der Waals surface area contributed by atoms with Crippen LogP contribution in [-0.4, -0.2) is 49.8 Å². The Hall–Kier alpha value is -7.16. The molecule has 1 fully saturated rings. The number of anilines is 2. The van der Waals surface area contributed by atoms with E-state index in [-0.39, 0.29) is 29.5 Å². The van der Waals surface area contributed by atoms with Crippen LogP contribution in [0.2, 0.25) is 0 Å². The van der Waals surface area contributed by atoms with E-state index in [1.807, 2.05) is 0 Å². The minimum Gasteiger partial charge on any atom is -0.494 e. The maximum absolute atomic E-state index is 13.5. The molecule has 246 valence electrons. The molecule has 0 radical (unpaired) electrons. The van der Waals surface area contributed by atoms with E-state index >= 15 is 0 Å². The van der Waals surface area contributed by atoms with Gasteiger partial charge in [-0.25, -0.2) is 19.1 Å². The van der Waals surface area contributed by atoms with Gasteiger partial charge in [0.2, 0.25) is 11.8 Å². The Morgan fingerprint density at radius 2 is 1.76 bits per heavy atom. The molecule has 1 aliphatic heterocycles. The van der Waals surface area contributed by atoms with Crippen LogP contribution in [0.1, 0.15) is 23.6 Å². The predicted octanol–water partition coefficient (Wildman–Crippen LogP) is 3.01. The second kappa shape index (κ2) is 14.5. The van der Waals surface area contributed by atoms with Crippen molar-refractivity contribution in [2.45, 2.75) is 13.5 Å². The third-order valence-corrected chi connectivity index (χ3v) is 7.02. The molecule has 0 spiro atoms. The van der Waals surface area contributed by atoms with Gasteiger partial charge < -0.3 is 15.2 Å². The Labute approximate surface area is 277 Å². The van der Waals surface area contributed by atoms with E-state index in [1.54, 1.807) is 30.3 Å². The number of aromatic nitrogens is 3. The number of amides is 5. The summed E-state index contributed by atoms with van der Waals surface area (Å²) >= 11 is 0. The molecule has 49 heavy (non-hydrogen) atoms. The first-order valence-electron chi connectivity index (χ1n) is 14.4. The van der Waals surface area contributed by atoms with Crippen molar-refractivity contribution in [2.75, 3.05) is 10.2 Å². The number of benzene rings is 2. The first-order chi connectivity index (χ1) is 23.6. The van der Waals surface area contributed by atoms with Crippen LogP contribution in [0.25, 0.3) is 17.3 Å². The lowest BCUT2D eigenvalue weighted by Crippen LogP contribution is -2.54. The van der Waals surface area contributed by atoms with Gasteiger partial charge >= 0.3 is 11.7 Å². The average molecular weight is 662 g/mol. The van der Waals surface area contributed by atoms with Crippen LogP contribution in [0.15, 0.2) is 106 Å². The number of nitrogens with one attached hydrogen (secondary N) is 4. The molecule has 0 bridgehead atoms. The van der Waals surface area contributed by atoms with Gasteiger partial charge in [-0.15, -0.1) is 0 Å². The summed E-state index contributed by atoms with van der Waals surface area (Å²) in [5, 5.41) is 22.3. The van der Waals surface area contributed by atoms with Crippen molar-refractivity contribution >= 4 is 53.2 Å². The topological polar surface area (TPSA) is 217 Å². The zero-order valence-corrected chi connectivity index (χ0v) is 25.7. The van der Waals surface area contributed by atoms with Gasteiger partial charge in [-0.3, -0.25) is 39.9 Å². The molecule has 5 amide bonds. The van der Waals surface area contributed by atoms with Crippen LogP contribution >= 0.6 is 0 Å². The summed E-state index contributed by atoms with van der Waals surface area (Å²) < 4.78 is 5.80. The third kappa shape index (κ3) is 7.47. The second-order valence-corrected chi connectivity index (χ2v) is 10.3. The van der Waals surface area contributed by atoms with E-state index in [1.165, 1.54) is 74.0 Å². The zero-order valence-electron chi connectivity index (χ0n) is 25.7. The Balaban J connectivity index is 1.55. The van der Waals surface area contributed by atoms with Gasteiger partial charge in [0, 0.05) is 25.0 Å². The van der Waals surface area contributed by atoms with Crippen LogP contribution < -0.4 is 26.8 Å². The van der Waals surface area contributed by atoms with Crippen LogP contribution in [0.5, 0.6) is 5.88 Å². The molecular formula is C34H27N7O8. The first-order valence-corrected chi connectivity index (χ1v) is 14.4. The van der Waals surface area contributed by atoms with E-state index in [4.69, 9.17) is 10.1 Å². The van der Waals surface area contributed by atoms with E-state index in [0.29, 0.717) is 22.4 Å². The normalized spacial score (nSPS) is 14.2. The highest BCUT2D eigenvalue weighted by molar-refractivity contribution is 6.37. The van der Waals surface area contributed by atoms with Crippen LogP contribution in [-0.2, 0) is 25.7 Å². The lowest BCUT2D eigenvalue weighted by molar-refractivity contribution is -0.122. The van der Waals surface area contributed by atoms with E-state index in [0.717, 1.165) is 15.9 Å². The van der Waals surface area contributed by atoms with E-state index in [2.05, 4.69) is 20.6 Å². The molecule has 5 rings (SSSR count). The Morgan fingerprint density at radius 3 is 2.49 bits per heavy atom. The summed E-state index contributed by atoms with van der Waals surface area (Å²) in [5.41, 5.74) is -0.368. The standard InChI is InChI=1S/C34H27N7O8/c1-20(42)37-24-5-3-7-26(17-24)41-32(46)28(30(44)39-34(41)48)11-9-22(23-12-14-36-15-13-23)8-10-27-29(43)38-33(47)40(31(27)45)25-6-2-4-21(16-25)18-49-19-35/h2-17,19,35,43H,18H2,1H3,(H,37,42)(H,38,47)(H,39,44,48). The number of aromatic amines is 1. The molecule has 1 saturated heterocycles. The molecule has 0 aliphatic carbocycles. The number of hydrogen-bond acceptors (Lipinski definition) is 10. The Bertz CT molecular complexity index is 2200. The van der Waals surface area contributed by atoms with Gasteiger partial charge in [0.25, 0.3) is 17.4 Å². The number of nitrogens with zero attached hydrogens (tertiary/aromatic N) is 3. The molecule has 5 N–H and O–H groups in total. The van der Waals surface area contributed by atoms with Crippen molar-refractivity contribution < 1.29 is 29.0 Å². The fraction of sp³-hybridized carbons (Fsp3) is 0.0588. The van der Waals surface area contributed by atoms with Gasteiger partial charge in [0.1, 0.15) is 17.7 Å². The number of ether oxygens (including phenoxy) is 1. The molecule has 2 aromatic carbocycles. The van der Waals surface area contributed by atoms with Crippen LogP contribution in [0.3, 0.4) is 0 Å². The molecule has 15 heteroatoms. The van der Waals surface area contributed by atoms with Gasteiger partial charge in [-0.2, -0.15) is 0 Å². The number of H-pyrrole nitrogens is 1. The molecule has 15 nitrogen and oxygen atoms in total. The van der Waals surface area contributed by atoms with Crippen molar-refractivity contribution in [3.63, 3.8) is 0 Å². The predicted molar refractivity (Wildman–Crippen MR) is 179 cm³/mol. The monoisotopic (exact) mass is 661 g/mol. The number of hydrogen-bond donors (Lipinski definition) is 5. The summed E-state index contributed by atoms with van der Waals surface area (Å²) in [6.07, 6.45) is 9.01. The van der Waals surface area contributed by atoms with Gasteiger partial charge in [0.15, 0.2) is 6.40 Å². The maximum atomic E-state index is 13.5. The Kier molecular flexibility index (Phi) is 9.83. The fourth-order valence-electron chi connectivity index (χ4n) is 4.82. The number of aromatic hydroxyl groups is 1. The smallest absolute Gasteiger partial charge is 0.335 e. The lowest BCUT2D eigenvalue weighted by atomic mass is 10.0. The number of carbonyl (C=O) groups is 4. The maximum Gasteiger partial charge on any atom is 0.335 e. The zero-order chi connectivity index (χ0) is 35.1. The molecule has 0 unspecified atom stereocenters. The average Bonchev–Trinajstić information content (AvgIpc) is 3.06. The molecule has 3 heterocycles. The number of carbonyl (C=O) groups excluding carboxylic acids is 4. The molecule has 0 atom stereocenters. The highest BCUT2D eigenvalue weighted by Gasteiger charge is 2.36. The fourth-order valence-corrected chi connectivity index (χ4v) is 4.82. The second-order valence-electron chi connectivity index (χ2n) is 10.3. The number of imide groups is 2.